The van der Waals surface area contributed by atoms with Gasteiger partial charge < -0.3 is 15.7 Å². The fourth-order valence-electron chi connectivity index (χ4n) is 2.62. The lowest BCUT2D eigenvalue weighted by atomic mass is 9.87. The van der Waals surface area contributed by atoms with Gasteiger partial charge in [0.1, 0.15) is 0 Å². The predicted molar refractivity (Wildman–Crippen MR) is 71.9 cm³/mol. The third-order valence-corrected chi connectivity index (χ3v) is 4.05. The van der Waals surface area contributed by atoms with E-state index >= 15 is 0 Å². The van der Waals surface area contributed by atoms with Crippen LogP contribution in [0.15, 0.2) is 12.1 Å². The number of carboxylic acids is 1. The maximum absolute atomic E-state index is 14.0. The molecule has 0 aromatic heterocycles. The van der Waals surface area contributed by atoms with Gasteiger partial charge in [0.05, 0.1) is 11.3 Å². The van der Waals surface area contributed by atoms with E-state index in [0.29, 0.717) is 25.6 Å². The molecular weight excluding hydrogens is 266 g/mol. The number of carbonyl (C=O) groups is 1. The quantitative estimate of drug-likeness (QED) is 0.892. The summed E-state index contributed by atoms with van der Waals surface area (Å²) in [5.74, 6) is -3.21. The van der Waals surface area contributed by atoms with Crippen LogP contribution in [-0.2, 0) is 0 Å². The van der Waals surface area contributed by atoms with Crippen LogP contribution in [-0.4, -0.2) is 30.7 Å². The molecule has 4 nitrogen and oxygen atoms in total. The molecule has 0 bridgehead atoms. The number of rotatable bonds is 3. The van der Waals surface area contributed by atoms with E-state index in [1.807, 2.05) is 0 Å². The van der Waals surface area contributed by atoms with Gasteiger partial charge in [0.25, 0.3) is 0 Å². The Bertz CT molecular complexity index is 522. The first-order chi connectivity index (χ1) is 9.45. The zero-order chi connectivity index (χ0) is 14.9. The SMILES string of the molecule is CC1CCN(c2ccc(C(=O)O)c(F)c2F)CC1CN. The van der Waals surface area contributed by atoms with Crippen molar-refractivity contribution in [3.05, 3.63) is 29.3 Å². The summed E-state index contributed by atoms with van der Waals surface area (Å²) in [4.78, 5) is 12.5. The van der Waals surface area contributed by atoms with Crippen LogP contribution in [0.25, 0.3) is 0 Å². The number of hydrogen-bond acceptors (Lipinski definition) is 3. The van der Waals surface area contributed by atoms with Gasteiger partial charge in [-0.3, -0.25) is 0 Å². The van der Waals surface area contributed by atoms with E-state index in [4.69, 9.17) is 10.8 Å². The molecular formula is C14H18F2N2O2. The number of halogens is 2. The molecule has 1 aliphatic heterocycles. The summed E-state index contributed by atoms with van der Waals surface area (Å²) >= 11 is 0. The number of carboxylic acid groups (broad SMARTS) is 1. The molecule has 2 rings (SSSR count). The van der Waals surface area contributed by atoms with Gasteiger partial charge in [0, 0.05) is 13.1 Å². The molecule has 0 amide bonds. The Kier molecular flexibility index (Phi) is 4.23. The monoisotopic (exact) mass is 284 g/mol. The molecule has 110 valence electrons. The molecule has 3 N–H and O–H groups in total. The van der Waals surface area contributed by atoms with E-state index in [1.54, 1.807) is 4.90 Å². The smallest absolute Gasteiger partial charge is 0.338 e. The van der Waals surface area contributed by atoms with Crippen LogP contribution < -0.4 is 10.6 Å². The largest absolute Gasteiger partial charge is 0.478 e. The lowest BCUT2D eigenvalue weighted by Crippen LogP contribution is -2.43. The van der Waals surface area contributed by atoms with E-state index in [2.05, 4.69) is 6.92 Å². The molecule has 2 atom stereocenters. The number of hydrogen-bond donors (Lipinski definition) is 2. The Labute approximate surface area is 116 Å². The van der Waals surface area contributed by atoms with Crippen molar-refractivity contribution in [1.82, 2.24) is 0 Å². The number of aromatic carboxylic acids is 1. The van der Waals surface area contributed by atoms with Crippen molar-refractivity contribution in [2.45, 2.75) is 13.3 Å². The van der Waals surface area contributed by atoms with Gasteiger partial charge in [-0.1, -0.05) is 6.92 Å². The Hall–Kier alpha value is -1.69. The topological polar surface area (TPSA) is 66.6 Å². The van der Waals surface area contributed by atoms with Crippen LogP contribution in [0.2, 0.25) is 0 Å². The molecule has 0 radical (unpaired) electrons. The molecule has 0 saturated carbocycles. The molecule has 20 heavy (non-hydrogen) atoms. The number of anilines is 1. The van der Waals surface area contributed by atoms with E-state index in [0.717, 1.165) is 12.5 Å². The van der Waals surface area contributed by atoms with E-state index in [9.17, 15) is 13.6 Å². The molecule has 1 fully saturated rings. The van der Waals surface area contributed by atoms with Crippen molar-refractivity contribution >= 4 is 11.7 Å². The Morgan fingerprint density at radius 2 is 2.15 bits per heavy atom. The standard InChI is InChI=1S/C14H18F2N2O2/c1-8-4-5-18(7-9(8)6-17)11-3-2-10(14(19)20)12(15)13(11)16/h2-3,8-9H,4-7,17H2,1H3,(H,19,20). The first kappa shape index (κ1) is 14.7. The van der Waals surface area contributed by atoms with Gasteiger partial charge in [-0.2, -0.15) is 0 Å². The maximum Gasteiger partial charge on any atom is 0.338 e. The summed E-state index contributed by atoms with van der Waals surface area (Å²) in [5.41, 5.74) is 5.16. The number of nitrogens with two attached hydrogens (primary N) is 1. The van der Waals surface area contributed by atoms with Crippen molar-refractivity contribution in [2.75, 3.05) is 24.5 Å². The van der Waals surface area contributed by atoms with Gasteiger partial charge in [-0.15, -0.1) is 0 Å². The van der Waals surface area contributed by atoms with Gasteiger partial charge in [-0.05, 0) is 36.9 Å². The number of piperidine rings is 1. The molecule has 1 aliphatic rings. The minimum atomic E-state index is -1.47. The molecule has 1 saturated heterocycles. The van der Waals surface area contributed by atoms with E-state index in [1.165, 1.54) is 6.07 Å². The highest BCUT2D eigenvalue weighted by molar-refractivity contribution is 5.88. The Morgan fingerprint density at radius 1 is 1.45 bits per heavy atom. The molecule has 1 heterocycles. The van der Waals surface area contributed by atoms with E-state index < -0.39 is 23.2 Å². The molecule has 0 aliphatic carbocycles. The summed E-state index contributed by atoms with van der Waals surface area (Å²) in [6.07, 6.45) is 0.851. The van der Waals surface area contributed by atoms with Crippen molar-refractivity contribution in [3.63, 3.8) is 0 Å². The average molecular weight is 284 g/mol. The van der Waals surface area contributed by atoms with Crippen LogP contribution in [0.1, 0.15) is 23.7 Å². The lowest BCUT2D eigenvalue weighted by Gasteiger charge is -2.38. The molecule has 1 aromatic carbocycles. The minimum absolute atomic E-state index is 0.109. The highest BCUT2D eigenvalue weighted by Crippen LogP contribution is 2.30. The molecule has 6 heteroatoms. The zero-order valence-electron chi connectivity index (χ0n) is 11.3. The summed E-state index contributed by atoms with van der Waals surface area (Å²) in [6, 6.07) is 2.43. The molecule has 1 aromatic rings. The van der Waals surface area contributed by atoms with Crippen molar-refractivity contribution in [3.8, 4) is 0 Å². The van der Waals surface area contributed by atoms with Gasteiger partial charge in [0.15, 0.2) is 11.6 Å². The molecule has 2 unspecified atom stereocenters. The number of nitrogens with zero attached hydrogens (tertiary/aromatic N) is 1. The first-order valence-electron chi connectivity index (χ1n) is 6.62. The second-order valence-electron chi connectivity index (χ2n) is 5.27. The van der Waals surface area contributed by atoms with Gasteiger partial charge in [-0.25, -0.2) is 13.6 Å². The number of benzene rings is 1. The van der Waals surface area contributed by atoms with E-state index in [-0.39, 0.29) is 11.6 Å². The Morgan fingerprint density at radius 3 is 2.75 bits per heavy atom. The maximum atomic E-state index is 14.0. The second kappa shape index (κ2) is 5.75. The first-order valence-corrected chi connectivity index (χ1v) is 6.62. The zero-order valence-corrected chi connectivity index (χ0v) is 11.3. The van der Waals surface area contributed by atoms with Gasteiger partial charge in [0.2, 0.25) is 0 Å². The van der Waals surface area contributed by atoms with Crippen molar-refractivity contribution in [2.24, 2.45) is 17.6 Å². The highest BCUT2D eigenvalue weighted by Gasteiger charge is 2.28. The second-order valence-corrected chi connectivity index (χ2v) is 5.27. The highest BCUT2D eigenvalue weighted by atomic mass is 19.2. The van der Waals surface area contributed by atoms with Crippen molar-refractivity contribution < 1.29 is 18.7 Å². The third-order valence-electron chi connectivity index (χ3n) is 4.05. The summed E-state index contributed by atoms with van der Waals surface area (Å²) in [7, 11) is 0. The average Bonchev–Trinajstić information content (AvgIpc) is 2.42. The predicted octanol–water partition coefficient (Wildman–Crippen LogP) is 2.08. The minimum Gasteiger partial charge on any atom is -0.478 e. The summed E-state index contributed by atoms with van der Waals surface area (Å²) < 4.78 is 27.7. The fourth-order valence-corrected chi connectivity index (χ4v) is 2.62. The Balaban J connectivity index is 2.30. The summed E-state index contributed by atoms with van der Waals surface area (Å²) in [6.45, 7) is 3.76. The third kappa shape index (κ3) is 2.60. The van der Waals surface area contributed by atoms with Gasteiger partial charge >= 0.3 is 5.97 Å². The van der Waals surface area contributed by atoms with Crippen LogP contribution in [0.4, 0.5) is 14.5 Å². The lowest BCUT2D eigenvalue weighted by molar-refractivity contribution is 0.0690. The normalized spacial score (nSPS) is 22.9. The van der Waals surface area contributed by atoms with Crippen LogP contribution >= 0.6 is 0 Å². The van der Waals surface area contributed by atoms with Crippen LogP contribution in [0, 0.1) is 23.5 Å². The van der Waals surface area contributed by atoms with Crippen LogP contribution in [0.3, 0.4) is 0 Å². The summed E-state index contributed by atoms with van der Waals surface area (Å²) in [5, 5.41) is 8.77. The van der Waals surface area contributed by atoms with Crippen LogP contribution in [0.5, 0.6) is 0 Å². The molecule has 0 spiro atoms. The fraction of sp³-hybridized carbons (Fsp3) is 0.500. The van der Waals surface area contributed by atoms with Crippen molar-refractivity contribution in [1.29, 1.82) is 0 Å².